The minimum Gasteiger partial charge on any atom is -0.497 e. The van der Waals surface area contributed by atoms with Crippen molar-refractivity contribution < 1.29 is 31.0 Å². The van der Waals surface area contributed by atoms with E-state index in [1.807, 2.05) is 12.1 Å². The molecule has 30 heavy (non-hydrogen) atoms. The van der Waals surface area contributed by atoms with Gasteiger partial charge in [-0.25, -0.2) is 16.8 Å². The molecule has 3 rings (SSSR count). The van der Waals surface area contributed by atoms with Crippen molar-refractivity contribution >= 4 is 19.7 Å². The summed E-state index contributed by atoms with van der Waals surface area (Å²) in [4.78, 5) is -0.00139. The van der Waals surface area contributed by atoms with Crippen molar-refractivity contribution in [1.82, 2.24) is 5.32 Å². The second-order valence-corrected chi connectivity index (χ2v) is 11.3. The molecule has 0 aliphatic carbocycles. The summed E-state index contributed by atoms with van der Waals surface area (Å²) in [6.07, 6.45) is 0. The molecule has 1 aliphatic heterocycles. The van der Waals surface area contributed by atoms with Gasteiger partial charge in [0.25, 0.3) is 0 Å². The first-order valence-electron chi connectivity index (χ1n) is 9.23. The molecule has 1 heterocycles. The third-order valence-electron chi connectivity index (χ3n) is 5.11. The fraction of sp³-hybridized carbons (Fsp3) is 0.400. The van der Waals surface area contributed by atoms with Gasteiger partial charge in [0.05, 0.1) is 43.0 Å². The van der Waals surface area contributed by atoms with E-state index in [1.165, 1.54) is 32.4 Å². The molecule has 0 amide bonds. The van der Waals surface area contributed by atoms with E-state index in [9.17, 15) is 16.8 Å². The van der Waals surface area contributed by atoms with Gasteiger partial charge in [-0.1, -0.05) is 12.1 Å². The van der Waals surface area contributed by atoms with Gasteiger partial charge < -0.3 is 19.5 Å². The van der Waals surface area contributed by atoms with Crippen LogP contribution in [0.4, 0.5) is 0 Å². The molecule has 1 fully saturated rings. The number of sulfone groups is 2. The first-order chi connectivity index (χ1) is 14.2. The fourth-order valence-corrected chi connectivity index (χ4v) is 8.20. The van der Waals surface area contributed by atoms with Gasteiger partial charge in [-0.05, 0) is 29.8 Å². The van der Waals surface area contributed by atoms with Crippen LogP contribution in [0, 0.1) is 0 Å². The maximum absolute atomic E-state index is 13.3. The van der Waals surface area contributed by atoms with Crippen LogP contribution in [0.2, 0.25) is 0 Å². The van der Waals surface area contributed by atoms with Crippen LogP contribution in [0.15, 0.2) is 47.4 Å². The van der Waals surface area contributed by atoms with Gasteiger partial charge in [-0.15, -0.1) is 0 Å². The molecule has 1 N–H and O–H groups in total. The SMILES string of the molecule is COc1ccc(CN[C@H]2CS(=O)(=O)C[C@@H]2S(=O)(=O)c2ccc(OC)c(OC)c2)cc1. The van der Waals surface area contributed by atoms with Crippen LogP contribution in [0.3, 0.4) is 0 Å². The Morgan fingerprint density at radius 1 is 0.933 bits per heavy atom. The van der Waals surface area contributed by atoms with Gasteiger partial charge in [-0.3, -0.25) is 0 Å². The molecule has 8 nitrogen and oxygen atoms in total. The van der Waals surface area contributed by atoms with Crippen molar-refractivity contribution in [2.75, 3.05) is 32.8 Å². The van der Waals surface area contributed by atoms with Crippen LogP contribution in [-0.2, 0) is 26.2 Å². The van der Waals surface area contributed by atoms with Gasteiger partial charge in [0.15, 0.2) is 31.2 Å². The van der Waals surface area contributed by atoms with E-state index in [2.05, 4.69) is 5.32 Å². The van der Waals surface area contributed by atoms with Crippen molar-refractivity contribution in [1.29, 1.82) is 0 Å². The van der Waals surface area contributed by atoms with E-state index in [0.717, 1.165) is 5.56 Å². The van der Waals surface area contributed by atoms with Gasteiger partial charge >= 0.3 is 0 Å². The summed E-state index contributed by atoms with van der Waals surface area (Å²) in [5, 5.41) is 2.01. The number of nitrogens with one attached hydrogen (secondary N) is 1. The number of methoxy groups -OCH3 is 3. The smallest absolute Gasteiger partial charge is 0.183 e. The highest BCUT2D eigenvalue weighted by Crippen LogP contribution is 2.33. The Labute approximate surface area is 177 Å². The predicted molar refractivity (Wildman–Crippen MR) is 113 cm³/mol. The van der Waals surface area contributed by atoms with Crippen LogP contribution in [0.25, 0.3) is 0 Å². The van der Waals surface area contributed by atoms with Crippen molar-refractivity contribution in [3.05, 3.63) is 48.0 Å². The topological polar surface area (TPSA) is 108 Å². The maximum Gasteiger partial charge on any atom is 0.183 e. The molecule has 2 atom stereocenters. The van der Waals surface area contributed by atoms with Crippen molar-refractivity contribution in [3.63, 3.8) is 0 Å². The number of hydrogen-bond acceptors (Lipinski definition) is 8. The van der Waals surface area contributed by atoms with Crippen LogP contribution >= 0.6 is 0 Å². The molecule has 10 heteroatoms. The van der Waals surface area contributed by atoms with Gasteiger partial charge in [-0.2, -0.15) is 0 Å². The lowest BCUT2D eigenvalue weighted by atomic mass is 10.2. The highest BCUT2D eigenvalue weighted by Gasteiger charge is 2.45. The molecular weight excluding hydrogens is 430 g/mol. The Balaban J connectivity index is 1.85. The average molecular weight is 456 g/mol. The third kappa shape index (κ3) is 4.71. The Hall–Kier alpha value is -2.30. The Morgan fingerprint density at radius 3 is 2.20 bits per heavy atom. The van der Waals surface area contributed by atoms with Gasteiger partial charge in [0, 0.05) is 18.7 Å². The van der Waals surface area contributed by atoms with Crippen molar-refractivity contribution in [2.45, 2.75) is 22.7 Å². The summed E-state index contributed by atoms with van der Waals surface area (Å²) < 4.78 is 66.6. The summed E-state index contributed by atoms with van der Waals surface area (Å²) in [6.45, 7) is 0.335. The quantitative estimate of drug-likeness (QED) is 0.637. The third-order valence-corrected chi connectivity index (χ3v) is 9.26. The highest BCUT2D eigenvalue weighted by molar-refractivity contribution is 7.96. The van der Waals surface area contributed by atoms with Crippen LogP contribution < -0.4 is 19.5 Å². The van der Waals surface area contributed by atoms with Gasteiger partial charge in [0.2, 0.25) is 0 Å². The molecule has 2 aromatic rings. The molecule has 0 bridgehead atoms. The molecular formula is C20H25NO7S2. The van der Waals surface area contributed by atoms with E-state index in [4.69, 9.17) is 14.2 Å². The molecule has 2 aromatic carbocycles. The molecule has 0 aromatic heterocycles. The molecule has 1 saturated heterocycles. The normalized spacial score (nSPS) is 20.6. The zero-order chi connectivity index (χ0) is 21.9. The number of ether oxygens (including phenoxy) is 3. The van der Waals surface area contributed by atoms with E-state index >= 15 is 0 Å². The number of hydrogen-bond donors (Lipinski definition) is 1. The lowest BCUT2D eigenvalue weighted by Gasteiger charge is -2.20. The van der Waals surface area contributed by atoms with E-state index < -0.39 is 36.7 Å². The summed E-state index contributed by atoms with van der Waals surface area (Å²) in [5.41, 5.74) is 0.891. The van der Waals surface area contributed by atoms with E-state index in [-0.39, 0.29) is 16.4 Å². The maximum atomic E-state index is 13.3. The summed E-state index contributed by atoms with van der Waals surface area (Å²) in [5.74, 6) is 0.701. The lowest BCUT2D eigenvalue weighted by molar-refractivity contribution is 0.354. The number of rotatable bonds is 8. The first kappa shape index (κ1) is 22.4. The highest BCUT2D eigenvalue weighted by atomic mass is 32.2. The second kappa shape index (κ2) is 8.83. The Bertz CT molecular complexity index is 1100. The molecule has 0 radical (unpaired) electrons. The van der Waals surface area contributed by atoms with E-state index in [1.54, 1.807) is 19.2 Å². The average Bonchev–Trinajstić information content (AvgIpc) is 3.07. The summed E-state index contributed by atoms with van der Waals surface area (Å²) in [6, 6.07) is 10.8. The monoisotopic (exact) mass is 455 g/mol. The van der Waals surface area contributed by atoms with Crippen molar-refractivity contribution in [2.24, 2.45) is 0 Å². The van der Waals surface area contributed by atoms with Crippen LogP contribution in [-0.4, -0.2) is 61.0 Å². The molecule has 1 aliphatic rings. The minimum absolute atomic E-state index is 0.00139. The predicted octanol–water partition coefficient (Wildman–Crippen LogP) is 1.44. The van der Waals surface area contributed by atoms with Crippen molar-refractivity contribution in [3.8, 4) is 17.2 Å². The lowest BCUT2D eigenvalue weighted by Crippen LogP contribution is -2.43. The zero-order valence-electron chi connectivity index (χ0n) is 17.0. The summed E-state index contributed by atoms with van der Waals surface area (Å²) in [7, 11) is -2.99. The number of benzene rings is 2. The standard InChI is InChI=1S/C20H25NO7S2/c1-26-15-6-4-14(5-7-15)11-21-17-12-29(22,23)13-20(17)30(24,25)16-8-9-18(27-2)19(10-16)28-3/h4-10,17,20-21H,11-13H2,1-3H3/t17-,20-/m0/s1. The molecule has 0 saturated carbocycles. The largest absolute Gasteiger partial charge is 0.497 e. The van der Waals surface area contributed by atoms with E-state index in [0.29, 0.717) is 18.0 Å². The summed E-state index contributed by atoms with van der Waals surface area (Å²) >= 11 is 0. The molecule has 0 unspecified atom stereocenters. The molecule has 164 valence electrons. The van der Waals surface area contributed by atoms with Crippen LogP contribution in [0.1, 0.15) is 5.56 Å². The zero-order valence-corrected chi connectivity index (χ0v) is 18.6. The molecule has 0 spiro atoms. The van der Waals surface area contributed by atoms with Gasteiger partial charge in [0.1, 0.15) is 5.75 Å². The second-order valence-electron chi connectivity index (χ2n) is 7.01. The fourth-order valence-electron chi connectivity index (χ4n) is 3.47. The Kier molecular flexibility index (Phi) is 6.59. The minimum atomic E-state index is -3.93. The van der Waals surface area contributed by atoms with Crippen LogP contribution in [0.5, 0.6) is 17.2 Å². The first-order valence-corrected chi connectivity index (χ1v) is 12.6. The Morgan fingerprint density at radius 2 is 1.60 bits per heavy atom.